The molecular weight excluding hydrogens is 4280 g/mol. The largest absolute Gasteiger partial charge is 0.304 e. The lowest BCUT2D eigenvalue weighted by molar-refractivity contribution is 0.251. The molecule has 0 saturated heterocycles. The van der Waals surface area contributed by atoms with Crippen LogP contribution >= 0.6 is 781 Å². The van der Waals surface area contributed by atoms with Gasteiger partial charge in [0.2, 0.25) is 3.42 Å². The average Bonchev–Trinajstić information content (AvgIpc) is 3.17. The molecule has 1 atom stereocenters. The smallest absolute Gasteiger partial charge is 0.284 e. The Kier molecular flexibility index (Phi) is 42.9. The zero-order valence-corrected chi connectivity index (χ0v) is 111. The van der Waals surface area contributed by atoms with Gasteiger partial charge in [-0.05, 0) is 31.9 Å². The maximum atomic E-state index is 12.0. The van der Waals surface area contributed by atoms with E-state index in [4.69, 9.17) is 4.18 Å². The van der Waals surface area contributed by atoms with Crippen molar-refractivity contribution < 1.29 is 12.9 Å². The summed E-state index contributed by atoms with van der Waals surface area (Å²) >= 11 is 190. The molecule has 0 rings (SSSR count). The zero-order valence-electron chi connectivity index (χ0n) is 32.2. The Morgan fingerprint density at radius 3 is 0.364 bits per heavy atom. The van der Waals surface area contributed by atoms with Crippen LogP contribution in [0.1, 0.15) is 0 Å². The molecule has 0 saturated carbocycles. The molecule has 0 aliphatic carbocycles. The minimum atomic E-state index is -2.75. The molecule has 0 bridgehead atoms. The highest BCUT2D eigenvalue weighted by Gasteiger charge is 2.86. The van der Waals surface area contributed by atoms with Gasteiger partial charge >= 0.3 is 11.4 Å². The van der Waals surface area contributed by atoms with Gasteiger partial charge in [-0.2, -0.15) is 4.21 Å². The van der Waals surface area contributed by atoms with Crippen LogP contribution in [0.5, 0.6) is 0 Å². The monoisotopic (exact) mass is 4240 g/mol. The van der Waals surface area contributed by atoms with Crippen LogP contribution in [0.3, 0.4) is 0 Å². The molecule has 1 N–H and O–H groups in total. The summed E-state index contributed by atoms with van der Waals surface area (Å²) in [6.45, 7) is 0. The Labute approximate surface area is 858 Å². The number of alkyl halides is 49. The maximum Gasteiger partial charge on any atom is 0.304 e. The Balaban J connectivity index is 8.19. The summed E-state index contributed by atoms with van der Waals surface area (Å²) in [5.74, 6) is 0. The summed E-state index contributed by atoms with van der Waals surface area (Å²) in [4.78, 5) is 0. The lowest BCUT2D eigenvalue weighted by Crippen LogP contribution is -2.75. The molecule has 0 aliphatic heterocycles. The van der Waals surface area contributed by atoms with Crippen molar-refractivity contribution in [2.45, 2.75) is 76.7 Å². The highest BCUT2D eigenvalue weighted by molar-refractivity contribution is 9.44. The summed E-state index contributed by atoms with van der Waals surface area (Å²) < 4.78 is -7.45. The van der Waals surface area contributed by atoms with E-state index in [0.717, 1.165) is 0 Å². The van der Waals surface area contributed by atoms with Crippen LogP contribution in [-0.2, 0) is 15.5 Å². The fourth-order valence-corrected chi connectivity index (χ4v) is 56.2. The van der Waals surface area contributed by atoms with Crippen LogP contribution in [0, 0.1) is 0 Å². The van der Waals surface area contributed by atoms with E-state index in [1.54, 1.807) is 0 Å². The van der Waals surface area contributed by atoms with Crippen molar-refractivity contribution in [3.8, 4) is 0 Å². The van der Waals surface area contributed by atoms with Crippen molar-refractivity contribution in [2.75, 3.05) is 0 Å². The number of rotatable bonds is 24. The molecule has 53 heteroatoms. The standard InChI is InChI=1S/C24HBr49O3S/c25-1(26,3(29,30)5(33,34)7(37,38)9(41,42)11(45,46)13(49,50)15(53,54)17(57,58)19(61,62)21(65,66)23(69,70)71)2(27,28)4(31,32)6(35,36)8(39,40)10(43,44)12(47,48)14(51,52)16(55,56)18(59,60)20(63,64)22(67,68)24(72,73)76-77(74)75/h(H,74,75). The van der Waals surface area contributed by atoms with Gasteiger partial charge in [-0.3, -0.25) is 4.55 Å². The van der Waals surface area contributed by atoms with Crippen molar-refractivity contribution in [3.05, 3.63) is 0 Å². The molecule has 0 spiro atoms. The lowest BCUT2D eigenvalue weighted by Gasteiger charge is -2.63. The molecule has 0 amide bonds. The second-order valence-electron chi connectivity index (χ2n) is 14.0. The first-order chi connectivity index (χ1) is 32.2. The number of hydrogen-bond acceptors (Lipinski definition) is 2. The Morgan fingerprint density at radius 1 is 0.182 bits per heavy atom. The molecule has 0 aromatic carbocycles. The predicted octanol–water partition coefficient (Wildman–Crippen LogP) is 36.1. The maximum absolute atomic E-state index is 12.0. The van der Waals surface area contributed by atoms with E-state index in [9.17, 15) is 8.76 Å². The molecule has 77 heavy (non-hydrogen) atoms. The van der Waals surface area contributed by atoms with Gasteiger partial charge in [-0.25, -0.2) is 4.18 Å². The van der Waals surface area contributed by atoms with Crippen molar-refractivity contribution in [1.82, 2.24) is 0 Å². The van der Waals surface area contributed by atoms with Gasteiger partial charge in [0.1, 0.15) is 67.9 Å². The second kappa shape index (κ2) is 32.9. The highest BCUT2D eigenvalue weighted by Crippen LogP contribution is 2.86. The van der Waals surface area contributed by atoms with Gasteiger partial charge in [-0.1, -0.05) is 749 Å². The van der Waals surface area contributed by atoms with Gasteiger partial charge in [0.15, 0.2) is 5.38 Å². The van der Waals surface area contributed by atoms with Crippen molar-refractivity contribution in [3.63, 3.8) is 0 Å². The van der Waals surface area contributed by atoms with Crippen LogP contribution in [0.15, 0.2) is 0 Å². The summed E-state index contributed by atoms with van der Waals surface area (Å²) in [7, 11) is 0. The van der Waals surface area contributed by atoms with Gasteiger partial charge in [-0.15, -0.1) is 0 Å². The van der Waals surface area contributed by atoms with E-state index in [-0.39, 0.29) is 0 Å². The zero-order chi connectivity index (χ0) is 64.3. The van der Waals surface area contributed by atoms with Crippen LogP contribution in [-0.4, -0.2) is 85.5 Å². The van der Waals surface area contributed by atoms with Gasteiger partial charge < -0.3 is 0 Å². The molecule has 0 aromatic rings. The SMILES string of the molecule is O=S(O)OC(Br)(Br)C(Br)(Br)C(Br)(Br)C(Br)(Br)C(Br)(Br)C(Br)(Br)C(Br)(Br)C(Br)(Br)C(Br)(Br)C(Br)(Br)C(Br)(Br)C(Br)(Br)C(Br)(Br)C(Br)(Br)C(Br)(Br)C(Br)(Br)C(Br)(Br)C(Br)(Br)C(Br)(Br)C(Br)(Br)C(Br)(Br)C(Br)(Br)C(Br)(Br)C(Br)(Br)Br. The van der Waals surface area contributed by atoms with Gasteiger partial charge in [0, 0.05) is 0 Å². The molecular formula is C24HBr49O3S. The van der Waals surface area contributed by atoms with Crippen molar-refractivity contribution >= 4 is 792 Å². The van der Waals surface area contributed by atoms with E-state index in [2.05, 4.69) is 781 Å². The number of hydrogen-bond donors (Lipinski definition) is 1. The fraction of sp³-hybridized carbons (Fsp3) is 1.00. The third-order valence-electron chi connectivity index (χ3n) is 9.18. The molecule has 0 radical (unpaired) electrons. The highest BCUT2D eigenvalue weighted by atomic mass is 80.0. The van der Waals surface area contributed by atoms with Crippen LogP contribution in [0.2, 0.25) is 0 Å². The molecule has 0 aromatic heterocycles. The third kappa shape index (κ3) is 17.1. The third-order valence-corrected chi connectivity index (χ3v) is 116. The summed E-state index contributed by atoms with van der Waals surface area (Å²) in [5, 5.41) is 0. The summed E-state index contributed by atoms with van der Waals surface area (Å²) in [5.41, 5.74) is 0. The average molecular weight is 4280 g/mol. The first-order valence-corrected chi connectivity index (χ1v) is 55.6. The van der Waals surface area contributed by atoms with Gasteiger partial charge in [0.05, 0.1) is 0 Å². The molecule has 464 valence electrons. The number of halogens is 49. The van der Waals surface area contributed by atoms with Crippen molar-refractivity contribution in [2.24, 2.45) is 0 Å². The normalized spacial score (nSPS) is 17.8. The van der Waals surface area contributed by atoms with Crippen LogP contribution in [0.25, 0.3) is 0 Å². The Bertz CT molecular complexity index is 2170. The van der Waals surface area contributed by atoms with E-state index in [1.165, 1.54) is 0 Å². The van der Waals surface area contributed by atoms with Gasteiger partial charge in [0.25, 0.3) is 0 Å². The lowest BCUT2D eigenvalue weighted by atomic mass is 10.00. The Hall–Kier alpha value is 23.6. The molecule has 0 fully saturated rings. The topological polar surface area (TPSA) is 46.5 Å². The first-order valence-electron chi connectivity index (χ1n) is 15.7. The molecule has 0 heterocycles. The van der Waals surface area contributed by atoms with Crippen molar-refractivity contribution in [1.29, 1.82) is 0 Å². The summed E-state index contributed by atoms with van der Waals surface area (Å²) in [6.07, 6.45) is 0. The minimum absolute atomic E-state index is 0.960. The van der Waals surface area contributed by atoms with E-state index >= 15 is 0 Å². The fourth-order valence-electron chi connectivity index (χ4n) is 4.45. The van der Waals surface area contributed by atoms with E-state index < -0.39 is 88.1 Å². The summed E-state index contributed by atoms with van der Waals surface area (Å²) in [6, 6.07) is 0. The van der Waals surface area contributed by atoms with Crippen LogP contribution in [0.4, 0.5) is 0 Å². The quantitative estimate of drug-likeness (QED) is 0.0774. The minimum Gasteiger partial charge on any atom is -0.284 e. The second-order valence-corrected chi connectivity index (χ2v) is 100. The first kappa shape index (κ1) is 101. The molecule has 3 nitrogen and oxygen atoms in total. The molecule has 1 unspecified atom stereocenters. The predicted molar refractivity (Wildman–Crippen MR) is 515 cm³/mol. The molecule has 0 aliphatic rings. The van der Waals surface area contributed by atoms with E-state index in [0.29, 0.717) is 0 Å². The Morgan fingerprint density at radius 2 is 0.273 bits per heavy atom. The van der Waals surface area contributed by atoms with Crippen LogP contribution < -0.4 is 0 Å². The van der Waals surface area contributed by atoms with E-state index in [1.807, 2.05) is 0 Å².